The van der Waals surface area contributed by atoms with Gasteiger partial charge >= 0.3 is 0 Å². The van der Waals surface area contributed by atoms with Crippen LogP contribution in [0, 0.1) is 0 Å². The van der Waals surface area contributed by atoms with Crippen molar-refractivity contribution in [1.29, 1.82) is 0 Å². The average Bonchev–Trinajstić information content (AvgIpc) is 3.97. The predicted molar refractivity (Wildman–Crippen MR) is 211 cm³/mol. The molecule has 4 heterocycles. The van der Waals surface area contributed by atoms with Crippen molar-refractivity contribution in [3.05, 3.63) is 157 Å². The van der Waals surface area contributed by atoms with Crippen LogP contribution in [0.15, 0.2) is 162 Å². The minimum Gasteiger partial charge on any atom is -0.456 e. The molecule has 0 spiro atoms. The molecule has 7 aromatic carbocycles. The highest BCUT2D eigenvalue weighted by molar-refractivity contribution is 7.26. The molecule has 0 N–H and O–H groups in total. The number of hydrogen-bond donors (Lipinski definition) is 0. The number of fused-ring (bicyclic) bond motifs is 10. The summed E-state index contributed by atoms with van der Waals surface area (Å²) < 4.78 is 108. The first-order valence-corrected chi connectivity index (χ1v) is 16.9. The molecule has 4 aromatic heterocycles. The Morgan fingerprint density at radius 1 is 0.510 bits per heavy atom. The van der Waals surface area contributed by atoms with Gasteiger partial charge in [-0.05, 0) is 53.5 Å². The van der Waals surface area contributed by atoms with Crippen molar-refractivity contribution in [2.75, 3.05) is 0 Å². The third-order valence-electron chi connectivity index (χ3n) is 9.08. The highest BCUT2D eigenvalue weighted by atomic mass is 32.1. The number of aromatic nitrogens is 4. The van der Waals surface area contributed by atoms with E-state index in [4.69, 9.17) is 25.4 Å². The molecule has 51 heavy (non-hydrogen) atoms. The summed E-state index contributed by atoms with van der Waals surface area (Å²) in [7, 11) is 0. The number of nitrogens with zero attached hydrogens (tertiary/aromatic N) is 4. The fraction of sp³-hybridized carbons (Fsp3) is 0. The van der Waals surface area contributed by atoms with Crippen LogP contribution < -0.4 is 0 Å². The zero-order valence-corrected chi connectivity index (χ0v) is 27.1. The van der Waals surface area contributed by atoms with Crippen LogP contribution in [0.5, 0.6) is 0 Å². The lowest BCUT2D eigenvalue weighted by Gasteiger charge is -2.11. The van der Waals surface area contributed by atoms with E-state index in [1.54, 1.807) is 46.2 Å². The molecule has 0 amide bonds. The van der Waals surface area contributed by atoms with Crippen molar-refractivity contribution >= 4 is 75.3 Å². The zero-order valence-electron chi connectivity index (χ0n) is 37.3. The third-order valence-corrected chi connectivity index (χ3v) is 10.2. The Kier molecular flexibility index (Phi) is 4.19. The number of benzene rings is 7. The average molecular weight is 682 g/mol. The van der Waals surface area contributed by atoms with Crippen LogP contribution in [0.3, 0.4) is 0 Å². The van der Waals surface area contributed by atoms with Gasteiger partial charge in [0, 0.05) is 52.8 Å². The maximum Gasteiger partial charge on any atom is 0.238 e. The van der Waals surface area contributed by atoms with Crippen molar-refractivity contribution < 1.29 is 19.5 Å². The van der Waals surface area contributed by atoms with Crippen molar-refractivity contribution in [2.45, 2.75) is 0 Å². The Hall–Kier alpha value is -6.63. The summed E-state index contributed by atoms with van der Waals surface area (Å²) in [5.41, 5.74) is 1.14. The van der Waals surface area contributed by atoms with Crippen LogP contribution >= 0.6 is 11.3 Å². The second kappa shape index (κ2) is 10.9. The fourth-order valence-corrected chi connectivity index (χ4v) is 8.03. The molecule has 0 saturated heterocycles. The van der Waals surface area contributed by atoms with Gasteiger partial charge in [0.05, 0.1) is 26.1 Å². The van der Waals surface area contributed by atoms with Gasteiger partial charge in [-0.1, -0.05) is 115 Å². The van der Waals surface area contributed by atoms with Gasteiger partial charge in [0.2, 0.25) is 5.95 Å². The maximum atomic E-state index is 9.60. The van der Waals surface area contributed by atoms with Crippen LogP contribution in [0.2, 0.25) is 0 Å². The molecule has 11 rings (SSSR count). The highest BCUT2D eigenvalue weighted by Gasteiger charge is 2.21. The first-order valence-electron chi connectivity index (χ1n) is 21.6. The Morgan fingerprint density at radius 3 is 2.18 bits per heavy atom. The number of rotatable bonds is 4. The summed E-state index contributed by atoms with van der Waals surface area (Å²) >= 11 is 1.66. The van der Waals surface area contributed by atoms with Gasteiger partial charge in [0.15, 0.2) is 11.6 Å². The van der Waals surface area contributed by atoms with Crippen molar-refractivity contribution in [3.63, 3.8) is 0 Å². The van der Waals surface area contributed by atoms with Gasteiger partial charge in [-0.3, -0.25) is 4.57 Å². The molecule has 0 aliphatic heterocycles. The van der Waals surface area contributed by atoms with Crippen molar-refractivity contribution in [3.8, 4) is 39.9 Å². The smallest absolute Gasteiger partial charge is 0.238 e. The molecule has 238 valence electrons. The second-order valence-corrected chi connectivity index (χ2v) is 13.0. The van der Waals surface area contributed by atoms with E-state index in [2.05, 4.69) is 17.1 Å². The van der Waals surface area contributed by atoms with Gasteiger partial charge in [0.25, 0.3) is 0 Å². The molecule has 0 aliphatic carbocycles. The Balaban J connectivity index is 1.27. The Labute approximate surface area is 311 Å². The van der Waals surface area contributed by atoms with E-state index in [1.807, 2.05) is 48.5 Å². The quantitative estimate of drug-likeness (QED) is 0.185. The molecule has 0 unspecified atom stereocenters. The maximum absolute atomic E-state index is 9.60. The molecule has 0 atom stereocenters. The minimum absolute atomic E-state index is 0.00544. The summed E-state index contributed by atoms with van der Waals surface area (Å²) in [5, 5.41) is 3.98. The first-order chi connectivity index (χ1) is 29.9. The van der Waals surface area contributed by atoms with E-state index in [1.165, 1.54) is 0 Å². The van der Waals surface area contributed by atoms with Gasteiger partial charge in [-0.25, -0.2) is 4.98 Å². The van der Waals surface area contributed by atoms with Crippen molar-refractivity contribution in [2.24, 2.45) is 0 Å². The second-order valence-electron chi connectivity index (χ2n) is 11.9. The van der Waals surface area contributed by atoms with Crippen LogP contribution in [0.4, 0.5) is 0 Å². The largest absolute Gasteiger partial charge is 0.456 e. The summed E-state index contributed by atoms with van der Waals surface area (Å²) in [6.07, 6.45) is 0. The van der Waals surface area contributed by atoms with Crippen LogP contribution in [-0.2, 0) is 0 Å². The first kappa shape index (κ1) is 19.5. The van der Waals surface area contributed by atoms with E-state index < -0.39 is 60.4 Å². The van der Waals surface area contributed by atoms with E-state index in [9.17, 15) is 4.11 Å². The highest BCUT2D eigenvalue weighted by Crippen LogP contribution is 2.43. The third kappa shape index (κ3) is 4.30. The Bertz CT molecular complexity index is 3760. The summed E-state index contributed by atoms with van der Waals surface area (Å²) in [6.45, 7) is 0. The molecule has 6 heteroatoms. The van der Waals surface area contributed by atoms with Crippen LogP contribution in [0.1, 0.15) is 15.1 Å². The van der Waals surface area contributed by atoms with Crippen molar-refractivity contribution in [1.82, 2.24) is 19.5 Å². The number of hydrogen-bond acceptors (Lipinski definition) is 5. The monoisotopic (exact) mass is 681 g/mol. The zero-order chi connectivity index (χ0) is 43.0. The molecule has 0 saturated carbocycles. The molecular weight excluding hydrogens is 645 g/mol. The molecule has 0 radical (unpaired) electrons. The molecule has 0 fully saturated rings. The summed E-state index contributed by atoms with van der Waals surface area (Å²) in [5.74, 6) is -0.690. The molecule has 11 aromatic rings. The molecule has 0 bridgehead atoms. The lowest BCUT2D eigenvalue weighted by atomic mass is 9.99. The number of furan rings is 1. The van der Waals surface area contributed by atoms with Gasteiger partial charge in [0.1, 0.15) is 11.2 Å². The number of para-hydroxylation sites is 1. The SMILES string of the molecule is [2H]c1c([2H])c([2H])c(-c2nc(-c3c([2H])c([2H])c4c(oc5c([2H])c([2H])c([2H])c(-c6ccccc6)c54)c3[2H])nc(-n3c4ccccc4c4c5c(ccc43)sc3ccccc35)n2)c([2H])c1[2H]. The van der Waals surface area contributed by atoms with E-state index in [-0.39, 0.29) is 62.3 Å². The standard InChI is InChI=1S/C45H26N4OS/c1-3-12-27(13-4-1)30-18-11-20-36-40(30)32-23-22-29(26-37(32)50-36)44-46-43(28-14-5-2-6-15-28)47-45(48-44)49-34-19-9-7-16-31(34)41-35(49)24-25-39-42(41)33-17-8-10-21-38(33)51-39/h1-26H/i2D,5D,6D,11D,14D,15D,18D,20D,22D,23D,26D. The van der Waals surface area contributed by atoms with E-state index >= 15 is 0 Å². The fourth-order valence-electron chi connectivity index (χ4n) is 6.92. The molecule has 0 aliphatic rings. The van der Waals surface area contributed by atoms with Crippen LogP contribution in [-0.4, -0.2) is 19.5 Å². The molecular formula is C45H26N4OS. The lowest BCUT2D eigenvalue weighted by Crippen LogP contribution is -2.06. The normalized spacial score (nSPS) is 14.9. The van der Waals surface area contributed by atoms with Gasteiger partial charge in [-0.2, -0.15) is 9.97 Å². The summed E-state index contributed by atoms with van der Waals surface area (Å²) in [4.78, 5) is 14.3. The summed E-state index contributed by atoms with van der Waals surface area (Å²) in [6, 6.07) is 23.0. The number of thiophene rings is 1. The predicted octanol–water partition coefficient (Wildman–Crippen LogP) is 12.2. The minimum atomic E-state index is -0.615. The van der Waals surface area contributed by atoms with E-state index in [0.717, 1.165) is 30.9 Å². The van der Waals surface area contributed by atoms with Crippen LogP contribution in [0.25, 0.3) is 104 Å². The van der Waals surface area contributed by atoms with E-state index in [0.29, 0.717) is 16.6 Å². The molecule has 5 nitrogen and oxygen atoms in total. The van der Waals surface area contributed by atoms with Gasteiger partial charge < -0.3 is 4.42 Å². The topological polar surface area (TPSA) is 56.7 Å². The van der Waals surface area contributed by atoms with Gasteiger partial charge in [-0.15, -0.1) is 11.3 Å². The Morgan fingerprint density at radius 2 is 1.29 bits per heavy atom. The lowest BCUT2D eigenvalue weighted by molar-refractivity contribution is 0.669.